The number of nitrogens with one attached hydrogen (secondary N) is 1. The molecule has 0 atom stereocenters. The summed E-state index contributed by atoms with van der Waals surface area (Å²) in [5.41, 5.74) is 0. The van der Waals surface area contributed by atoms with Crippen LogP contribution < -0.4 is 4.72 Å². The monoisotopic (exact) mass is 187 g/mol. The van der Waals surface area contributed by atoms with Gasteiger partial charge in [0.25, 0.3) is 0 Å². The average Bonchev–Trinajstić information content (AvgIpc) is 2.06. The van der Waals surface area contributed by atoms with E-state index in [0.717, 1.165) is 0 Å². The van der Waals surface area contributed by atoms with Crippen LogP contribution in [-0.4, -0.2) is 24.1 Å². The largest absolute Gasteiger partial charge is 0.266 e. The average molecular weight is 187 g/mol. The van der Waals surface area contributed by atoms with Crippen molar-refractivity contribution in [3.05, 3.63) is 18.6 Å². The molecular formula is C6H9N3O2S. The summed E-state index contributed by atoms with van der Waals surface area (Å²) in [6.45, 7) is 1.55. The SMILES string of the molecule is CCS(=O)(=O)Nc1cnccn1. The van der Waals surface area contributed by atoms with Crippen LogP contribution in [0.25, 0.3) is 0 Å². The number of aromatic nitrogens is 2. The third-order valence-corrected chi connectivity index (χ3v) is 2.48. The summed E-state index contributed by atoms with van der Waals surface area (Å²) < 4.78 is 24.2. The van der Waals surface area contributed by atoms with Gasteiger partial charge in [0, 0.05) is 12.4 Å². The van der Waals surface area contributed by atoms with Crippen LogP contribution in [-0.2, 0) is 10.0 Å². The third kappa shape index (κ3) is 2.46. The van der Waals surface area contributed by atoms with E-state index in [-0.39, 0.29) is 11.6 Å². The minimum atomic E-state index is -3.23. The Hall–Kier alpha value is -1.17. The third-order valence-electron chi connectivity index (χ3n) is 1.20. The molecule has 0 aliphatic heterocycles. The summed E-state index contributed by atoms with van der Waals surface area (Å²) in [7, 11) is -3.23. The van der Waals surface area contributed by atoms with Crippen LogP contribution in [0.1, 0.15) is 6.92 Å². The zero-order valence-corrected chi connectivity index (χ0v) is 7.37. The first-order valence-corrected chi connectivity index (χ1v) is 5.06. The molecule has 0 unspecified atom stereocenters. The molecule has 0 radical (unpaired) electrons. The number of nitrogens with zero attached hydrogens (tertiary/aromatic N) is 2. The van der Waals surface area contributed by atoms with E-state index in [4.69, 9.17) is 0 Å². The van der Waals surface area contributed by atoms with E-state index < -0.39 is 10.0 Å². The van der Waals surface area contributed by atoms with Crippen LogP contribution >= 0.6 is 0 Å². The van der Waals surface area contributed by atoms with Gasteiger partial charge in [0.15, 0.2) is 5.82 Å². The lowest BCUT2D eigenvalue weighted by atomic mass is 10.7. The van der Waals surface area contributed by atoms with Gasteiger partial charge in [0.05, 0.1) is 11.9 Å². The minimum Gasteiger partial charge on any atom is -0.266 e. The Morgan fingerprint density at radius 2 is 2.25 bits per heavy atom. The van der Waals surface area contributed by atoms with Crippen LogP contribution in [0.2, 0.25) is 0 Å². The zero-order chi connectivity index (χ0) is 9.03. The predicted molar refractivity (Wildman–Crippen MR) is 45.1 cm³/mol. The highest BCUT2D eigenvalue weighted by Crippen LogP contribution is 2.00. The predicted octanol–water partition coefficient (Wildman–Crippen LogP) is 0.238. The Labute approximate surface area is 70.9 Å². The topological polar surface area (TPSA) is 72.0 Å². The fraction of sp³-hybridized carbons (Fsp3) is 0.333. The van der Waals surface area contributed by atoms with Gasteiger partial charge in [-0.25, -0.2) is 13.4 Å². The lowest BCUT2D eigenvalue weighted by Crippen LogP contribution is -2.15. The molecule has 0 spiro atoms. The van der Waals surface area contributed by atoms with Gasteiger partial charge >= 0.3 is 0 Å². The normalized spacial score (nSPS) is 11.1. The first kappa shape index (κ1) is 8.92. The first-order chi connectivity index (χ1) is 5.64. The van der Waals surface area contributed by atoms with Crippen LogP contribution in [0, 0.1) is 0 Å². The van der Waals surface area contributed by atoms with E-state index in [1.165, 1.54) is 18.6 Å². The smallest absolute Gasteiger partial charge is 0.233 e. The van der Waals surface area contributed by atoms with Gasteiger partial charge in [0.2, 0.25) is 10.0 Å². The highest BCUT2D eigenvalue weighted by atomic mass is 32.2. The second kappa shape index (κ2) is 3.48. The molecule has 1 aromatic rings. The summed E-state index contributed by atoms with van der Waals surface area (Å²) in [5.74, 6) is 0.281. The molecule has 0 bridgehead atoms. The van der Waals surface area contributed by atoms with E-state index >= 15 is 0 Å². The summed E-state index contributed by atoms with van der Waals surface area (Å²) in [4.78, 5) is 7.47. The molecule has 0 aromatic carbocycles. The van der Waals surface area contributed by atoms with Gasteiger partial charge in [-0.3, -0.25) is 9.71 Å². The van der Waals surface area contributed by atoms with Gasteiger partial charge < -0.3 is 0 Å². The van der Waals surface area contributed by atoms with Crippen molar-refractivity contribution >= 4 is 15.8 Å². The molecule has 0 fully saturated rings. The van der Waals surface area contributed by atoms with Crippen LogP contribution in [0.3, 0.4) is 0 Å². The Balaban J connectivity index is 2.78. The maximum Gasteiger partial charge on any atom is 0.233 e. The summed E-state index contributed by atoms with van der Waals surface area (Å²) in [5, 5.41) is 0. The molecule has 1 heterocycles. The molecule has 0 amide bonds. The molecule has 5 nitrogen and oxygen atoms in total. The molecule has 0 aliphatic carbocycles. The maximum absolute atomic E-state index is 11.0. The Bertz CT molecular complexity index is 335. The second-order valence-corrected chi connectivity index (χ2v) is 4.11. The lowest BCUT2D eigenvalue weighted by molar-refractivity contribution is 0.602. The zero-order valence-electron chi connectivity index (χ0n) is 6.56. The fourth-order valence-electron chi connectivity index (χ4n) is 0.583. The standard InChI is InChI=1S/C6H9N3O2S/c1-2-12(10,11)9-6-5-7-3-4-8-6/h3-5H,2H2,1H3,(H,8,9). The van der Waals surface area contributed by atoms with Gasteiger partial charge in [-0.2, -0.15) is 0 Å². The van der Waals surface area contributed by atoms with Crippen molar-refractivity contribution in [1.82, 2.24) is 9.97 Å². The summed E-state index contributed by atoms with van der Waals surface area (Å²) >= 11 is 0. The Kier molecular flexibility index (Phi) is 2.59. The molecule has 12 heavy (non-hydrogen) atoms. The molecule has 6 heteroatoms. The quantitative estimate of drug-likeness (QED) is 0.735. The molecule has 0 saturated carbocycles. The molecule has 66 valence electrons. The van der Waals surface area contributed by atoms with Gasteiger partial charge in [-0.05, 0) is 6.92 Å². The van der Waals surface area contributed by atoms with Crippen LogP contribution in [0.5, 0.6) is 0 Å². The van der Waals surface area contributed by atoms with Gasteiger partial charge in [0.1, 0.15) is 0 Å². The number of rotatable bonds is 3. The lowest BCUT2D eigenvalue weighted by Gasteiger charge is -2.02. The molecule has 1 aromatic heterocycles. The van der Waals surface area contributed by atoms with Crippen molar-refractivity contribution in [3.63, 3.8) is 0 Å². The number of hydrogen-bond acceptors (Lipinski definition) is 4. The van der Waals surface area contributed by atoms with Gasteiger partial charge in [-0.15, -0.1) is 0 Å². The molecule has 0 aliphatic rings. The van der Waals surface area contributed by atoms with E-state index in [9.17, 15) is 8.42 Å². The number of sulfonamides is 1. The molecule has 0 saturated heterocycles. The Morgan fingerprint density at radius 1 is 1.50 bits per heavy atom. The number of anilines is 1. The van der Waals surface area contributed by atoms with Gasteiger partial charge in [-0.1, -0.05) is 0 Å². The molecular weight excluding hydrogens is 178 g/mol. The van der Waals surface area contributed by atoms with Crippen molar-refractivity contribution in [2.45, 2.75) is 6.92 Å². The highest BCUT2D eigenvalue weighted by molar-refractivity contribution is 7.92. The summed E-state index contributed by atoms with van der Waals surface area (Å²) in [6.07, 6.45) is 4.25. The van der Waals surface area contributed by atoms with Crippen molar-refractivity contribution in [2.24, 2.45) is 0 Å². The Morgan fingerprint density at radius 3 is 2.75 bits per heavy atom. The van der Waals surface area contributed by atoms with Crippen molar-refractivity contribution in [2.75, 3.05) is 10.5 Å². The summed E-state index contributed by atoms with van der Waals surface area (Å²) in [6, 6.07) is 0. The van der Waals surface area contributed by atoms with E-state index in [2.05, 4.69) is 14.7 Å². The van der Waals surface area contributed by atoms with Crippen molar-refractivity contribution in [1.29, 1.82) is 0 Å². The van der Waals surface area contributed by atoms with E-state index in [1.807, 2.05) is 0 Å². The minimum absolute atomic E-state index is 0.0313. The van der Waals surface area contributed by atoms with Crippen LogP contribution in [0.4, 0.5) is 5.82 Å². The fourth-order valence-corrected chi connectivity index (χ4v) is 1.15. The molecule has 1 rings (SSSR count). The maximum atomic E-state index is 11.0. The van der Waals surface area contributed by atoms with Crippen molar-refractivity contribution < 1.29 is 8.42 Å². The number of hydrogen-bond donors (Lipinski definition) is 1. The van der Waals surface area contributed by atoms with Crippen molar-refractivity contribution in [3.8, 4) is 0 Å². The first-order valence-electron chi connectivity index (χ1n) is 3.40. The van der Waals surface area contributed by atoms with Crippen LogP contribution in [0.15, 0.2) is 18.6 Å². The molecule has 1 N–H and O–H groups in total. The van der Waals surface area contributed by atoms with E-state index in [0.29, 0.717) is 0 Å². The van der Waals surface area contributed by atoms with E-state index in [1.54, 1.807) is 6.92 Å². The second-order valence-electron chi connectivity index (χ2n) is 2.10. The highest BCUT2D eigenvalue weighted by Gasteiger charge is 2.06.